The van der Waals surface area contributed by atoms with Crippen LogP contribution in [-0.2, 0) is 6.54 Å². The lowest BCUT2D eigenvalue weighted by Gasteiger charge is -1.97. The zero-order valence-electron chi connectivity index (χ0n) is 13.6. The van der Waals surface area contributed by atoms with E-state index < -0.39 is 37.6 Å². The number of nitrogens with zero attached hydrogens (tertiary/aromatic N) is 4. The normalized spacial score (nSPS) is 9.48. The number of nitro groups is 3. The number of nitro benzene ring substituents is 3. The molecule has 2 aromatic rings. The maximum absolute atomic E-state index is 10.4. The van der Waals surface area contributed by atoms with Gasteiger partial charge in [-0.3, -0.25) is 30.3 Å². The van der Waals surface area contributed by atoms with Crippen molar-refractivity contribution in [1.82, 2.24) is 0 Å². The second-order valence-electron chi connectivity index (χ2n) is 4.83. The minimum atomic E-state index is -1.21. The maximum atomic E-state index is 10.4. The Morgan fingerprint density at radius 1 is 0.926 bits per heavy atom. The summed E-state index contributed by atoms with van der Waals surface area (Å²) in [5, 5.41) is 40.2. The van der Waals surface area contributed by atoms with Gasteiger partial charge in [-0.2, -0.15) is 0 Å². The molecule has 0 atom stereocenters. The molecule has 2 rings (SSSR count). The van der Waals surface area contributed by atoms with Crippen LogP contribution >= 0.6 is 0 Å². The van der Waals surface area contributed by atoms with Crippen LogP contribution < -0.4 is 11.5 Å². The fraction of sp³-hybridized carbons (Fsp3) is 0.0714. The quantitative estimate of drug-likeness (QED) is 0.297. The van der Waals surface area contributed by atoms with Gasteiger partial charge in [-0.05, 0) is 5.56 Å². The average Bonchev–Trinajstić information content (AvgIpc) is 2.60. The van der Waals surface area contributed by atoms with Crippen molar-refractivity contribution in [3.8, 4) is 5.75 Å². The molecule has 0 unspecified atom stereocenters. The summed E-state index contributed by atoms with van der Waals surface area (Å²) in [5.41, 5.74) is 8.45. The summed E-state index contributed by atoms with van der Waals surface area (Å²) in [6, 6.07) is 10.7. The van der Waals surface area contributed by atoms with E-state index >= 15 is 0 Å². The SMILES string of the molecule is NC(N)=NCc1ccccc1.O=[N+]([O-])c1cc([N+](=O)[O-])c(O)c([N+](=O)[O-])c1. The molecule has 5 N–H and O–H groups in total. The van der Waals surface area contributed by atoms with E-state index in [-0.39, 0.29) is 5.96 Å². The van der Waals surface area contributed by atoms with E-state index in [9.17, 15) is 30.3 Å². The summed E-state index contributed by atoms with van der Waals surface area (Å²) in [7, 11) is 0. The number of aromatic hydroxyl groups is 1. The Labute approximate surface area is 151 Å². The summed E-state index contributed by atoms with van der Waals surface area (Å²) >= 11 is 0. The fourth-order valence-electron chi connectivity index (χ4n) is 1.74. The molecule has 0 aliphatic heterocycles. The van der Waals surface area contributed by atoms with Crippen LogP contribution in [0, 0.1) is 30.3 Å². The first-order valence-electron chi connectivity index (χ1n) is 7.03. The van der Waals surface area contributed by atoms with Gasteiger partial charge in [0.25, 0.3) is 11.4 Å². The Kier molecular flexibility index (Phi) is 7.12. The fourth-order valence-corrected chi connectivity index (χ4v) is 1.74. The van der Waals surface area contributed by atoms with Gasteiger partial charge in [-0.15, -0.1) is 0 Å². The molecule has 13 nitrogen and oxygen atoms in total. The molecule has 0 aliphatic rings. The largest absolute Gasteiger partial charge is 0.497 e. The predicted octanol–water partition coefficient (Wildman–Crippen LogP) is 1.58. The minimum absolute atomic E-state index is 0.133. The van der Waals surface area contributed by atoms with E-state index in [0.717, 1.165) is 5.56 Å². The second-order valence-corrected chi connectivity index (χ2v) is 4.83. The number of benzene rings is 2. The first-order chi connectivity index (χ1) is 12.6. The molecular formula is C14H14N6O7. The molecule has 0 bridgehead atoms. The number of phenolic OH excluding ortho intramolecular Hbond substituents is 1. The lowest BCUT2D eigenvalue weighted by molar-refractivity contribution is -0.404. The van der Waals surface area contributed by atoms with Gasteiger partial charge in [0.05, 0.1) is 33.4 Å². The van der Waals surface area contributed by atoms with Gasteiger partial charge in [0.1, 0.15) is 0 Å². The van der Waals surface area contributed by atoms with Crippen LogP contribution in [0.25, 0.3) is 0 Å². The van der Waals surface area contributed by atoms with Gasteiger partial charge in [0, 0.05) is 0 Å². The van der Waals surface area contributed by atoms with E-state index in [4.69, 9.17) is 16.6 Å². The molecule has 0 heterocycles. The molecule has 27 heavy (non-hydrogen) atoms. The summed E-state index contributed by atoms with van der Waals surface area (Å²) in [6.45, 7) is 0.559. The molecule has 0 aromatic heterocycles. The summed E-state index contributed by atoms with van der Waals surface area (Å²) in [4.78, 5) is 31.6. The van der Waals surface area contributed by atoms with Gasteiger partial charge in [-0.1, -0.05) is 30.3 Å². The Morgan fingerprint density at radius 3 is 1.78 bits per heavy atom. The molecule has 0 spiro atoms. The third kappa shape index (κ3) is 6.26. The lowest BCUT2D eigenvalue weighted by atomic mass is 10.2. The Morgan fingerprint density at radius 2 is 1.41 bits per heavy atom. The van der Waals surface area contributed by atoms with Crippen molar-refractivity contribution in [2.75, 3.05) is 0 Å². The Hall–Kier alpha value is -4.29. The van der Waals surface area contributed by atoms with Crippen molar-refractivity contribution in [2.45, 2.75) is 6.54 Å². The van der Waals surface area contributed by atoms with Crippen LogP contribution in [0.2, 0.25) is 0 Å². The number of rotatable bonds is 5. The van der Waals surface area contributed by atoms with Crippen molar-refractivity contribution in [1.29, 1.82) is 0 Å². The van der Waals surface area contributed by atoms with Crippen LogP contribution in [0.4, 0.5) is 17.1 Å². The minimum Gasteiger partial charge on any atom is -0.497 e. The topological polar surface area (TPSA) is 214 Å². The highest BCUT2D eigenvalue weighted by Crippen LogP contribution is 2.38. The number of guanidine groups is 1. The summed E-state index contributed by atoms with van der Waals surface area (Å²) in [5.74, 6) is -1.07. The number of hydrogen-bond donors (Lipinski definition) is 3. The van der Waals surface area contributed by atoms with Crippen molar-refractivity contribution in [3.05, 3.63) is 78.4 Å². The van der Waals surface area contributed by atoms with Crippen LogP contribution in [0.3, 0.4) is 0 Å². The summed E-state index contributed by atoms with van der Waals surface area (Å²) in [6.07, 6.45) is 0. The molecular weight excluding hydrogens is 364 g/mol. The standard InChI is InChI=1S/C8H11N3.C6H3N3O7/c9-8(10)11-6-7-4-2-1-3-5-7;10-6-4(8(13)14)1-3(7(11)12)2-5(6)9(15)16/h1-5H,6H2,(H4,9,10,11);1-2,10H. The van der Waals surface area contributed by atoms with Crippen molar-refractivity contribution in [2.24, 2.45) is 16.5 Å². The third-order valence-corrected chi connectivity index (χ3v) is 2.95. The number of phenols is 1. The average molecular weight is 378 g/mol. The molecule has 0 saturated heterocycles. The van der Waals surface area contributed by atoms with Crippen molar-refractivity contribution in [3.63, 3.8) is 0 Å². The molecule has 0 aliphatic carbocycles. The van der Waals surface area contributed by atoms with Gasteiger partial charge >= 0.3 is 11.4 Å². The zero-order valence-corrected chi connectivity index (χ0v) is 13.6. The van der Waals surface area contributed by atoms with Crippen LogP contribution in [0.1, 0.15) is 5.56 Å². The highest BCUT2D eigenvalue weighted by atomic mass is 16.6. The van der Waals surface area contributed by atoms with Crippen molar-refractivity contribution < 1.29 is 19.9 Å². The Balaban J connectivity index is 0.000000289. The second kappa shape index (κ2) is 9.26. The molecule has 0 radical (unpaired) electrons. The predicted molar refractivity (Wildman–Crippen MR) is 94.0 cm³/mol. The maximum Gasteiger partial charge on any atom is 0.324 e. The van der Waals surface area contributed by atoms with Gasteiger partial charge in [-0.25, -0.2) is 4.99 Å². The van der Waals surface area contributed by atoms with Crippen molar-refractivity contribution >= 4 is 23.0 Å². The molecule has 142 valence electrons. The highest BCUT2D eigenvalue weighted by Gasteiger charge is 2.30. The summed E-state index contributed by atoms with van der Waals surface area (Å²) < 4.78 is 0. The Bertz CT molecular complexity index is 846. The van der Waals surface area contributed by atoms with E-state index in [0.29, 0.717) is 18.7 Å². The number of aliphatic imine (C=N–C) groups is 1. The first kappa shape index (κ1) is 20.8. The van der Waals surface area contributed by atoms with Crippen LogP contribution in [0.15, 0.2) is 47.5 Å². The van der Waals surface area contributed by atoms with Gasteiger partial charge in [0.15, 0.2) is 5.96 Å². The number of nitrogens with two attached hydrogens (primary N) is 2. The van der Waals surface area contributed by atoms with Gasteiger partial charge in [0.2, 0.25) is 0 Å². The molecule has 0 saturated carbocycles. The first-order valence-corrected chi connectivity index (χ1v) is 7.03. The van der Waals surface area contributed by atoms with E-state index in [2.05, 4.69) is 4.99 Å². The molecule has 0 amide bonds. The zero-order chi connectivity index (χ0) is 20.6. The highest BCUT2D eigenvalue weighted by molar-refractivity contribution is 5.75. The molecule has 2 aromatic carbocycles. The third-order valence-electron chi connectivity index (χ3n) is 2.95. The molecule has 0 fully saturated rings. The van der Waals surface area contributed by atoms with E-state index in [1.54, 1.807) is 0 Å². The smallest absolute Gasteiger partial charge is 0.324 e. The van der Waals surface area contributed by atoms with E-state index in [1.165, 1.54) is 0 Å². The van der Waals surface area contributed by atoms with Gasteiger partial charge < -0.3 is 16.6 Å². The van der Waals surface area contributed by atoms with E-state index in [1.807, 2.05) is 30.3 Å². The monoisotopic (exact) mass is 378 g/mol. The van der Waals surface area contributed by atoms with Crippen LogP contribution in [-0.4, -0.2) is 25.8 Å². The van der Waals surface area contributed by atoms with Crippen LogP contribution in [0.5, 0.6) is 5.75 Å². The number of non-ortho nitro benzene ring substituents is 1. The lowest BCUT2D eigenvalue weighted by Crippen LogP contribution is -2.22. The molecule has 13 heteroatoms. The number of hydrogen-bond acceptors (Lipinski definition) is 8.